The van der Waals surface area contributed by atoms with E-state index in [-0.39, 0.29) is 10.2 Å². The summed E-state index contributed by atoms with van der Waals surface area (Å²) >= 11 is 0.811. The normalized spacial score (nSPS) is 13.2. The number of hydrogen-bond acceptors (Lipinski definition) is 3. The minimum atomic E-state index is -5.80. The van der Waals surface area contributed by atoms with Crippen LogP contribution < -0.4 is 5.56 Å². The van der Waals surface area contributed by atoms with Gasteiger partial charge in [0.05, 0.1) is 5.39 Å². The molecule has 92 valence electrons. The van der Waals surface area contributed by atoms with Gasteiger partial charge in [0, 0.05) is 0 Å². The molecule has 0 aliphatic rings. The van der Waals surface area contributed by atoms with Crippen LogP contribution in [-0.4, -0.2) is 16.1 Å². The number of aromatic amines is 1. The lowest BCUT2D eigenvalue weighted by atomic mass is 10.3. The second kappa shape index (κ2) is 3.49. The molecule has 9 heteroatoms. The van der Waals surface area contributed by atoms with Gasteiger partial charge in [0.2, 0.25) is 0 Å². The Morgan fingerprint density at radius 2 is 1.88 bits per heavy atom. The standard InChI is InChI=1S/C8H3F5N2OS/c9-7(10,8(11,12)13)6-14-4(16)3-1-2-17-5(3)15-6/h1-2H,(H,14,15,16). The monoisotopic (exact) mass is 270 g/mol. The van der Waals surface area contributed by atoms with Crippen molar-refractivity contribution in [3.63, 3.8) is 0 Å². The van der Waals surface area contributed by atoms with Crippen LogP contribution >= 0.6 is 11.3 Å². The van der Waals surface area contributed by atoms with Crippen molar-refractivity contribution in [2.45, 2.75) is 12.1 Å². The van der Waals surface area contributed by atoms with Gasteiger partial charge >= 0.3 is 12.1 Å². The first kappa shape index (κ1) is 12.0. The van der Waals surface area contributed by atoms with Crippen LogP contribution in [0.4, 0.5) is 22.0 Å². The van der Waals surface area contributed by atoms with Crippen molar-refractivity contribution in [3.05, 3.63) is 27.6 Å². The Morgan fingerprint density at radius 3 is 2.47 bits per heavy atom. The molecule has 0 radical (unpaired) electrons. The third-order valence-corrected chi connectivity index (χ3v) is 2.79. The van der Waals surface area contributed by atoms with E-state index in [1.54, 1.807) is 0 Å². The smallest absolute Gasteiger partial charge is 0.305 e. The number of nitrogens with one attached hydrogen (secondary N) is 1. The molecular weight excluding hydrogens is 267 g/mol. The highest BCUT2D eigenvalue weighted by atomic mass is 32.1. The summed E-state index contributed by atoms with van der Waals surface area (Å²) in [4.78, 5) is 15.7. The summed E-state index contributed by atoms with van der Waals surface area (Å²) in [6, 6.07) is 1.29. The Kier molecular flexibility index (Phi) is 2.45. The molecule has 0 saturated carbocycles. The zero-order valence-electron chi connectivity index (χ0n) is 7.81. The molecule has 2 aromatic rings. The molecule has 0 aliphatic carbocycles. The molecule has 0 aliphatic heterocycles. The Balaban J connectivity index is 2.68. The van der Waals surface area contributed by atoms with E-state index < -0.39 is 23.5 Å². The number of aromatic nitrogens is 2. The highest BCUT2D eigenvalue weighted by Crippen LogP contribution is 2.42. The maximum Gasteiger partial charge on any atom is 0.461 e. The molecule has 0 fully saturated rings. The number of halogens is 5. The molecule has 2 heterocycles. The molecule has 0 amide bonds. The summed E-state index contributed by atoms with van der Waals surface area (Å²) in [6.45, 7) is 0. The van der Waals surface area contributed by atoms with Crippen LogP contribution in [0.15, 0.2) is 16.2 Å². The lowest BCUT2D eigenvalue weighted by Gasteiger charge is -2.17. The maximum atomic E-state index is 12.9. The highest BCUT2D eigenvalue weighted by Gasteiger charge is 2.61. The molecule has 0 spiro atoms. The fourth-order valence-corrected chi connectivity index (χ4v) is 1.91. The van der Waals surface area contributed by atoms with E-state index in [9.17, 15) is 26.7 Å². The predicted molar refractivity (Wildman–Crippen MR) is 50.2 cm³/mol. The molecule has 0 bridgehead atoms. The Morgan fingerprint density at radius 1 is 1.24 bits per heavy atom. The van der Waals surface area contributed by atoms with E-state index in [0.29, 0.717) is 0 Å². The van der Waals surface area contributed by atoms with Gasteiger partial charge in [-0.2, -0.15) is 22.0 Å². The summed E-state index contributed by atoms with van der Waals surface area (Å²) in [5.41, 5.74) is -1.02. The second-order valence-corrected chi connectivity index (χ2v) is 4.02. The van der Waals surface area contributed by atoms with Gasteiger partial charge in [0.25, 0.3) is 5.56 Å². The topological polar surface area (TPSA) is 45.8 Å². The van der Waals surface area contributed by atoms with Crippen LogP contribution in [0.2, 0.25) is 0 Å². The predicted octanol–water partition coefficient (Wildman–Crippen LogP) is 2.64. The van der Waals surface area contributed by atoms with Crippen molar-refractivity contribution < 1.29 is 22.0 Å². The van der Waals surface area contributed by atoms with E-state index in [0.717, 1.165) is 11.3 Å². The van der Waals surface area contributed by atoms with Gasteiger partial charge in [-0.25, -0.2) is 4.98 Å². The summed E-state index contributed by atoms with van der Waals surface area (Å²) < 4.78 is 62.1. The first-order valence-electron chi connectivity index (χ1n) is 4.16. The molecular formula is C8H3F5N2OS. The van der Waals surface area contributed by atoms with Gasteiger partial charge in [-0.1, -0.05) is 0 Å². The van der Waals surface area contributed by atoms with Crippen LogP contribution in [0.1, 0.15) is 5.82 Å². The van der Waals surface area contributed by atoms with Crippen molar-refractivity contribution >= 4 is 21.6 Å². The lowest BCUT2D eigenvalue weighted by Crippen LogP contribution is -2.36. The van der Waals surface area contributed by atoms with Gasteiger partial charge in [-0.15, -0.1) is 11.3 Å². The van der Waals surface area contributed by atoms with E-state index >= 15 is 0 Å². The zero-order chi connectivity index (χ0) is 12.8. The number of H-pyrrole nitrogens is 1. The first-order chi connectivity index (χ1) is 7.73. The van der Waals surface area contributed by atoms with Gasteiger partial charge < -0.3 is 4.98 Å². The number of rotatable bonds is 1. The third kappa shape index (κ3) is 1.79. The summed E-state index contributed by atoms with van der Waals surface area (Å²) in [7, 11) is 0. The minimum Gasteiger partial charge on any atom is -0.305 e. The SMILES string of the molecule is O=c1[nH]c(C(F)(F)C(F)(F)F)nc2sccc12. The Bertz CT molecular complexity index is 614. The van der Waals surface area contributed by atoms with E-state index in [1.807, 2.05) is 0 Å². The van der Waals surface area contributed by atoms with Gasteiger partial charge in [0.1, 0.15) is 4.83 Å². The number of nitrogens with zero attached hydrogens (tertiary/aromatic N) is 1. The number of alkyl halides is 5. The van der Waals surface area contributed by atoms with E-state index in [1.165, 1.54) is 16.4 Å². The zero-order valence-corrected chi connectivity index (χ0v) is 8.62. The quantitative estimate of drug-likeness (QED) is 0.810. The second-order valence-electron chi connectivity index (χ2n) is 3.13. The number of thiophene rings is 1. The number of hydrogen-bond donors (Lipinski definition) is 1. The van der Waals surface area contributed by atoms with Crippen molar-refractivity contribution in [1.82, 2.24) is 9.97 Å². The number of fused-ring (bicyclic) bond motifs is 1. The van der Waals surface area contributed by atoms with E-state index in [2.05, 4.69) is 4.98 Å². The van der Waals surface area contributed by atoms with Gasteiger partial charge in [-0.3, -0.25) is 4.79 Å². The molecule has 1 N–H and O–H groups in total. The first-order valence-corrected chi connectivity index (χ1v) is 5.04. The van der Waals surface area contributed by atoms with Gasteiger partial charge in [-0.05, 0) is 11.4 Å². The molecule has 0 atom stereocenters. The summed E-state index contributed by atoms with van der Waals surface area (Å²) in [6.07, 6.45) is -5.80. The van der Waals surface area contributed by atoms with Crippen LogP contribution in [-0.2, 0) is 5.92 Å². The molecule has 2 rings (SSSR count). The Hall–Kier alpha value is -1.51. The third-order valence-electron chi connectivity index (χ3n) is 1.99. The van der Waals surface area contributed by atoms with Crippen molar-refractivity contribution in [3.8, 4) is 0 Å². The van der Waals surface area contributed by atoms with Crippen LogP contribution in [0.25, 0.3) is 10.2 Å². The summed E-state index contributed by atoms with van der Waals surface area (Å²) in [5.74, 6) is -6.87. The molecule has 2 aromatic heterocycles. The lowest BCUT2D eigenvalue weighted by molar-refractivity contribution is -0.292. The molecule has 3 nitrogen and oxygen atoms in total. The average molecular weight is 270 g/mol. The minimum absolute atomic E-state index is 0.0169. The van der Waals surface area contributed by atoms with Crippen molar-refractivity contribution in [2.24, 2.45) is 0 Å². The fourth-order valence-electron chi connectivity index (χ4n) is 1.15. The fraction of sp³-hybridized carbons (Fsp3) is 0.250. The molecule has 0 aromatic carbocycles. The summed E-state index contributed by atoms with van der Waals surface area (Å²) in [5, 5.41) is 1.36. The Labute approximate surface area is 93.9 Å². The molecule has 0 unspecified atom stereocenters. The van der Waals surface area contributed by atoms with Crippen LogP contribution in [0.5, 0.6) is 0 Å². The van der Waals surface area contributed by atoms with Crippen molar-refractivity contribution in [1.29, 1.82) is 0 Å². The van der Waals surface area contributed by atoms with Crippen LogP contribution in [0, 0.1) is 0 Å². The van der Waals surface area contributed by atoms with E-state index in [4.69, 9.17) is 0 Å². The van der Waals surface area contributed by atoms with Crippen molar-refractivity contribution in [2.75, 3.05) is 0 Å². The van der Waals surface area contributed by atoms with Gasteiger partial charge in [0.15, 0.2) is 5.82 Å². The molecule has 17 heavy (non-hydrogen) atoms. The highest BCUT2D eigenvalue weighted by molar-refractivity contribution is 7.16. The largest absolute Gasteiger partial charge is 0.461 e. The molecule has 0 saturated heterocycles. The van der Waals surface area contributed by atoms with Crippen LogP contribution in [0.3, 0.4) is 0 Å². The average Bonchev–Trinajstić information content (AvgIpc) is 2.64. The maximum absolute atomic E-state index is 12.9.